The van der Waals surface area contributed by atoms with Gasteiger partial charge in [-0.25, -0.2) is 0 Å². The number of nitrogens with one attached hydrogen (secondary N) is 1. The fraction of sp³-hybridized carbons (Fsp3) is 0.375. The molecule has 0 aliphatic rings. The molecule has 0 bridgehead atoms. The van der Waals surface area contributed by atoms with Gasteiger partial charge in [-0.2, -0.15) is 0 Å². The first kappa shape index (κ1) is 15.4. The Hall–Kier alpha value is -1.98. The van der Waals surface area contributed by atoms with Crippen LogP contribution in [-0.2, 0) is 9.53 Å². The molecule has 0 aliphatic carbocycles. The number of rotatable bonds is 6. The van der Waals surface area contributed by atoms with E-state index < -0.39 is 6.04 Å². The van der Waals surface area contributed by atoms with E-state index in [2.05, 4.69) is 10.3 Å². The highest BCUT2D eigenvalue weighted by Gasteiger charge is 2.14. The Morgan fingerprint density at radius 2 is 2.24 bits per heavy atom. The molecule has 1 atom stereocenters. The number of amides is 1. The molecule has 3 N–H and O–H groups in total. The number of carbonyl (C=O) groups excluding carboxylic acids is 1. The zero-order valence-electron chi connectivity index (χ0n) is 12.4. The average Bonchev–Trinajstić information content (AvgIpc) is 2.50. The molecule has 0 fully saturated rings. The second-order valence-corrected chi connectivity index (χ2v) is 5.06. The molecule has 0 aliphatic heterocycles. The molecule has 5 nitrogen and oxygen atoms in total. The van der Waals surface area contributed by atoms with Gasteiger partial charge in [0.15, 0.2) is 0 Å². The summed E-state index contributed by atoms with van der Waals surface area (Å²) in [5.41, 5.74) is 8.61. The van der Waals surface area contributed by atoms with Gasteiger partial charge in [0.2, 0.25) is 5.91 Å². The number of methoxy groups -OCH3 is 1. The first-order valence-electron chi connectivity index (χ1n) is 7.03. The Labute approximate surface area is 124 Å². The molecular weight excluding hydrogens is 266 g/mol. The van der Waals surface area contributed by atoms with Gasteiger partial charge < -0.3 is 15.8 Å². The molecule has 1 heterocycles. The number of benzene rings is 1. The number of ether oxygens (including phenoxy) is 1. The van der Waals surface area contributed by atoms with Gasteiger partial charge in [-0.1, -0.05) is 6.07 Å². The van der Waals surface area contributed by atoms with Gasteiger partial charge in [0, 0.05) is 25.3 Å². The molecule has 1 aromatic carbocycles. The van der Waals surface area contributed by atoms with Crippen molar-refractivity contribution < 1.29 is 9.53 Å². The van der Waals surface area contributed by atoms with E-state index >= 15 is 0 Å². The highest BCUT2D eigenvalue weighted by molar-refractivity contribution is 6.03. The van der Waals surface area contributed by atoms with E-state index in [-0.39, 0.29) is 5.91 Å². The van der Waals surface area contributed by atoms with Crippen LogP contribution in [-0.4, -0.2) is 30.6 Å². The van der Waals surface area contributed by atoms with Gasteiger partial charge in [-0.15, -0.1) is 0 Å². The van der Waals surface area contributed by atoms with Crippen LogP contribution in [0, 0.1) is 6.92 Å². The zero-order chi connectivity index (χ0) is 15.2. The number of hydrogen-bond donors (Lipinski definition) is 2. The van der Waals surface area contributed by atoms with Gasteiger partial charge >= 0.3 is 0 Å². The number of fused-ring (bicyclic) bond motifs is 1. The molecular formula is C16H21N3O2. The smallest absolute Gasteiger partial charge is 0.241 e. The molecule has 0 saturated carbocycles. The predicted molar refractivity (Wildman–Crippen MR) is 84.2 cm³/mol. The zero-order valence-corrected chi connectivity index (χ0v) is 12.4. The molecule has 21 heavy (non-hydrogen) atoms. The Kier molecular flexibility index (Phi) is 5.25. The van der Waals surface area contributed by atoms with Crippen molar-refractivity contribution in [2.24, 2.45) is 5.73 Å². The minimum Gasteiger partial charge on any atom is -0.385 e. The first-order chi connectivity index (χ1) is 10.1. The van der Waals surface area contributed by atoms with Crippen LogP contribution in [0.15, 0.2) is 30.5 Å². The molecule has 1 aromatic heterocycles. The van der Waals surface area contributed by atoms with Crippen LogP contribution in [0.3, 0.4) is 0 Å². The van der Waals surface area contributed by atoms with E-state index in [1.807, 2.05) is 31.2 Å². The Bertz CT molecular complexity index is 628. The van der Waals surface area contributed by atoms with Crippen molar-refractivity contribution in [1.82, 2.24) is 4.98 Å². The number of nitrogens with two attached hydrogens (primary N) is 1. The van der Waals surface area contributed by atoms with E-state index in [1.165, 1.54) is 0 Å². The van der Waals surface area contributed by atoms with E-state index in [1.54, 1.807) is 13.3 Å². The van der Waals surface area contributed by atoms with Crippen molar-refractivity contribution >= 4 is 22.5 Å². The molecule has 0 spiro atoms. The maximum Gasteiger partial charge on any atom is 0.241 e. The molecule has 1 unspecified atom stereocenters. The normalized spacial score (nSPS) is 12.3. The quantitative estimate of drug-likeness (QED) is 0.799. The first-order valence-corrected chi connectivity index (χ1v) is 7.03. The molecule has 112 valence electrons. The summed E-state index contributed by atoms with van der Waals surface area (Å²) in [5.74, 6) is -0.180. The third kappa shape index (κ3) is 3.77. The average molecular weight is 287 g/mol. The van der Waals surface area contributed by atoms with Crippen LogP contribution < -0.4 is 11.1 Å². The van der Waals surface area contributed by atoms with Crippen LogP contribution in [0.25, 0.3) is 10.9 Å². The van der Waals surface area contributed by atoms with Gasteiger partial charge in [0.25, 0.3) is 0 Å². The number of aromatic nitrogens is 1. The van der Waals surface area contributed by atoms with Crippen LogP contribution in [0.1, 0.15) is 18.4 Å². The van der Waals surface area contributed by atoms with Crippen molar-refractivity contribution in [3.63, 3.8) is 0 Å². The number of anilines is 1. The molecule has 0 radical (unpaired) electrons. The minimum absolute atomic E-state index is 0.180. The standard InChI is InChI=1S/C16H21N3O2/c1-11-7-8-14(12-5-3-9-18-15(11)12)19-16(20)13(17)6-4-10-21-2/h3,5,7-9,13H,4,6,10,17H2,1-2H3,(H,19,20). The van der Waals surface area contributed by atoms with E-state index in [0.29, 0.717) is 13.0 Å². The molecule has 0 saturated heterocycles. The Morgan fingerprint density at radius 3 is 3.00 bits per heavy atom. The number of carbonyl (C=O) groups is 1. The summed E-state index contributed by atoms with van der Waals surface area (Å²) in [7, 11) is 1.64. The van der Waals surface area contributed by atoms with Crippen molar-refractivity contribution in [1.29, 1.82) is 0 Å². The predicted octanol–water partition coefficient (Wildman–Crippen LogP) is 2.24. The summed E-state index contributed by atoms with van der Waals surface area (Å²) in [5, 5.41) is 3.82. The van der Waals surface area contributed by atoms with Crippen LogP contribution in [0.4, 0.5) is 5.69 Å². The summed E-state index contributed by atoms with van der Waals surface area (Å²) in [4.78, 5) is 16.5. The molecule has 5 heteroatoms. The Morgan fingerprint density at radius 1 is 1.43 bits per heavy atom. The fourth-order valence-electron chi connectivity index (χ4n) is 2.23. The van der Waals surface area contributed by atoms with Gasteiger partial charge in [-0.05, 0) is 43.5 Å². The van der Waals surface area contributed by atoms with Gasteiger partial charge in [0.05, 0.1) is 17.2 Å². The van der Waals surface area contributed by atoms with Crippen LogP contribution in [0.2, 0.25) is 0 Å². The molecule has 1 amide bonds. The number of nitrogens with zero attached hydrogens (tertiary/aromatic N) is 1. The second-order valence-electron chi connectivity index (χ2n) is 5.06. The lowest BCUT2D eigenvalue weighted by Crippen LogP contribution is -2.35. The summed E-state index contributed by atoms with van der Waals surface area (Å²) in [6.45, 7) is 2.61. The fourth-order valence-corrected chi connectivity index (χ4v) is 2.23. The summed E-state index contributed by atoms with van der Waals surface area (Å²) >= 11 is 0. The van der Waals surface area contributed by atoms with Crippen molar-refractivity contribution in [3.8, 4) is 0 Å². The highest BCUT2D eigenvalue weighted by atomic mass is 16.5. The third-order valence-corrected chi connectivity index (χ3v) is 3.43. The molecule has 2 aromatic rings. The number of hydrogen-bond acceptors (Lipinski definition) is 4. The van der Waals surface area contributed by atoms with E-state index in [4.69, 9.17) is 10.5 Å². The number of pyridine rings is 1. The summed E-state index contributed by atoms with van der Waals surface area (Å²) < 4.78 is 4.97. The topological polar surface area (TPSA) is 77.2 Å². The maximum absolute atomic E-state index is 12.1. The van der Waals surface area contributed by atoms with E-state index in [0.717, 1.165) is 28.6 Å². The van der Waals surface area contributed by atoms with E-state index in [9.17, 15) is 4.79 Å². The van der Waals surface area contributed by atoms with Gasteiger partial charge in [0.1, 0.15) is 0 Å². The van der Waals surface area contributed by atoms with Crippen LogP contribution in [0.5, 0.6) is 0 Å². The largest absolute Gasteiger partial charge is 0.385 e. The van der Waals surface area contributed by atoms with Crippen molar-refractivity contribution in [3.05, 3.63) is 36.0 Å². The second kappa shape index (κ2) is 7.15. The Balaban J connectivity index is 2.13. The maximum atomic E-state index is 12.1. The summed E-state index contributed by atoms with van der Waals surface area (Å²) in [6, 6.07) is 7.10. The van der Waals surface area contributed by atoms with Crippen LogP contribution >= 0.6 is 0 Å². The minimum atomic E-state index is -0.534. The summed E-state index contributed by atoms with van der Waals surface area (Å²) in [6.07, 6.45) is 3.11. The number of aryl methyl sites for hydroxylation is 1. The SMILES string of the molecule is COCCCC(N)C(=O)Nc1ccc(C)c2ncccc12. The lowest BCUT2D eigenvalue weighted by Gasteiger charge is -2.14. The lowest BCUT2D eigenvalue weighted by molar-refractivity contribution is -0.117. The van der Waals surface area contributed by atoms with Gasteiger partial charge in [-0.3, -0.25) is 9.78 Å². The molecule has 2 rings (SSSR count). The monoisotopic (exact) mass is 287 g/mol. The third-order valence-electron chi connectivity index (χ3n) is 3.43. The highest BCUT2D eigenvalue weighted by Crippen LogP contribution is 2.24. The van der Waals surface area contributed by atoms with Crippen molar-refractivity contribution in [2.75, 3.05) is 19.0 Å². The van der Waals surface area contributed by atoms with Crippen molar-refractivity contribution in [2.45, 2.75) is 25.8 Å². The lowest BCUT2D eigenvalue weighted by atomic mass is 10.1.